The second kappa shape index (κ2) is 8.21. The molecule has 3 unspecified atom stereocenters. The van der Waals surface area contributed by atoms with E-state index in [-0.39, 0.29) is 34.5 Å². The molecular formula is C28H21ClN4O3. The number of amides is 4. The van der Waals surface area contributed by atoms with E-state index in [1.54, 1.807) is 22.8 Å². The van der Waals surface area contributed by atoms with E-state index in [2.05, 4.69) is 0 Å². The summed E-state index contributed by atoms with van der Waals surface area (Å²) in [4.78, 5) is 44.8. The molecular weight excluding hydrogens is 476 g/mol. The normalized spacial score (nSPS) is 22.2. The van der Waals surface area contributed by atoms with Crippen molar-refractivity contribution in [3.8, 4) is 17.2 Å². The number of halogens is 1. The molecule has 3 heterocycles. The van der Waals surface area contributed by atoms with Crippen LogP contribution in [0.2, 0.25) is 5.02 Å². The number of carbonyl (C=O) groups excluding carboxylic acids is 3. The Hall–Kier alpha value is -4.15. The monoisotopic (exact) mass is 496 g/mol. The predicted octanol–water partition coefficient (Wildman–Crippen LogP) is 4.62. The molecule has 3 saturated heterocycles. The number of rotatable bonds is 3. The number of urea groups is 1. The van der Waals surface area contributed by atoms with Crippen LogP contribution in [0.25, 0.3) is 11.1 Å². The Balaban J connectivity index is 1.26. The Bertz CT molecular complexity index is 1460. The van der Waals surface area contributed by atoms with Crippen LogP contribution >= 0.6 is 11.6 Å². The van der Waals surface area contributed by atoms with Gasteiger partial charge < -0.3 is 9.80 Å². The lowest BCUT2D eigenvalue weighted by Crippen LogP contribution is -2.54. The fraction of sp³-hybridized carbons (Fsp3) is 0.214. The first-order valence-electron chi connectivity index (χ1n) is 11.7. The van der Waals surface area contributed by atoms with Gasteiger partial charge in [-0.2, -0.15) is 5.26 Å². The van der Waals surface area contributed by atoms with Gasteiger partial charge in [-0.25, -0.2) is 9.69 Å². The van der Waals surface area contributed by atoms with Gasteiger partial charge in [-0.1, -0.05) is 54.1 Å². The maximum Gasteiger partial charge on any atom is 0.332 e. The zero-order valence-electron chi connectivity index (χ0n) is 19.4. The number of benzene rings is 3. The molecule has 3 aromatic carbocycles. The molecule has 3 fully saturated rings. The SMILES string of the molecule is Cc1c(N2C(=O)C3C4CC(CN4C(=O)c4ccc(-c5ccccc5)cc4)N3C2=O)ccc(C#N)c1Cl. The number of anilines is 1. The zero-order chi connectivity index (χ0) is 25.1. The highest BCUT2D eigenvalue weighted by Gasteiger charge is 2.63. The summed E-state index contributed by atoms with van der Waals surface area (Å²) in [6.07, 6.45) is 0.580. The molecule has 0 aliphatic carbocycles. The number of imide groups is 1. The lowest BCUT2D eigenvalue weighted by Gasteiger charge is -2.35. The van der Waals surface area contributed by atoms with E-state index in [4.69, 9.17) is 11.6 Å². The summed E-state index contributed by atoms with van der Waals surface area (Å²) >= 11 is 6.31. The molecule has 0 aromatic heterocycles. The van der Waals surface area contributed by atoms with Crippen molar-refractivity contribution < 1.29 is 14.4 Å². The van der Waals surface area contributed by atoms with E-state index in [1.807, 2.05) is 60.7 Å². The number of nitrogens with zero attached hydrogens (tertiary/aromatic N) is 4. The van der Waals surface area contributed by atoms with Crippen LogP contribution in [-0.4, -0.2) is 52.3 Å². The fourth-order valence-corrected chi connectivity index (χ4v) is 5.92. The van der Waals surface area contributed by atoms with Gasteiger partial charge >= 0.3 is 6.03 Å². The Morgan fingerprint density at radius 1 is 1.00 bits per heavy atom. The third-order valence-corrected chi connectivity index (χ3v) is 7.97. The van der Waals surface area contributed by atoms with Gasteiger partial charge in [-0.3, -0.25) is 9.59 Å². The van der Waals surface area contributed by atoms with Crippen molar-refractivity contribution in [3.05, 3.63) is 88.4 Å². The molecule has 4 amide bonds. The maximum absolute atomic E-state index is 13.5. The van der Waals surface area contributed by atoms with E-state index in [0.717, 1.165) is 16.0 Å². The van der Waals surface area contributed by atoms with Crippen molar-refractivity contribution in [1.29, 1.82) is 5.26 Å². The summed E-state index contributed by atoms with van der Waals surface area (Å²) in [7, 11) is 0. The first-order valence-corrected chi connectivity index (χ1v) is 12.1. The maximum atomic E-state index is 13.5. The lowest BCUT2D eigenvalue weighted by molar-refractivity contribution is -0.121. The number of likely N-dealkylation sites (tertiary alicyclic amines) is 1. The second-order valence-corrected chi connectivity index (χ2v) is 9.73. The Morgan fingerprint density at radius 3 is 2.39 bits per heavy atom. The van der Waals surface area contributed by atoms with Gasteiger partial charge in [0.05, 0.1) is 28.4 Å². The smallest absolute Gasteiger partial charge is 0.331 e. The summed E-state index contributed by atoms with van der Waals surface area (Å²) < 4.78 is 0. The third kappa shape index (κ3) is 3.15. The quantitative estimate of drug-likeness (QED) is 0.495. The van der Waals surface area contributed by atoms with Crippen LogP contribution < -0.4 is 4.90 Å². The average Bonchev–Trinajstić information content (AvgIpc) is 3.57. The van der Waals surface area contributed by atoms with Crippen molar-refractivity contribution in [2.45, 2.75) is 31.5 Å². The largest absolute Gasteiger partial charge is 0.332 e. The molecule has 8 heteroatoms. The van der Waals surface area contributed by atoms with Crippen molar-refractivity contribution in [2.75, 3.05) is 11.4 Å². The van der Waals surface area contributed by atoms with Crippen LogP contribution in [0.5, 0.6) is 0 Å². The second-order valence-electron chi connectivity index (χ2n) is 9.35. The molecule has 7 nitrogen and oxygen atoms in total. The van der Waals surface area contributed by atoms with Gasteiger partial charge in [0.1, 0.15) is 12.1 Å². The molecule has 0 N–H and O–H groups in total. The number of nitriles is 1. The minimum absolute atomic E-state index is 0.141. The summed E-state index contributed by atoms with van der Waals surface area (Å²) in [5.74, 6) is -0.508. The van der Waals surface area contributed by atoms with Crippen LogP contribution in [-0.2, 0) is 4.79 Å². The average molecular weight is 497 g/mol. The third-order valence-electron chi connectivity index (χ3n) is 7.48. The van der Waals surface area contributed by atoms with Gasteiger partial charge in [0.25, 0.3) is 11.8 Å². The Morgan fingerprint density at radius 2 is 1.69 bits per heavy atom. The van der Waals surface area contributed by atoms with E-state index in [0.29, 0.717) is 29.8 Å². The predicted molar refractivity (Wildman–Crippen MR) is 135 cm³/mol. The summed E-state index contributed by atoms with van der Waals surface area (Å²) in [5.41, 5.74) is 3.80. The van der Waals surface area contributed by atoms with Gasteiger partial charge in [-0.15, -0.1) is 0 Å². The lowest BCUT2D eigenvalue weighted by atomic mass is 10.0. The van der Waals surface area contributed by atoms with Crippen LogP contribution in [0.4, 0.5) is 10.5 Å². The molecule has 0 spiro atoms. The minimum atomic E-state index is -0.724. The number of fused-ring (bicyclic) bond motifs is 5. The number of piperazine rings is 1. The highest BCUT2D eigenvalue weighted by atomic mass is 35.5. The van der Waals surface area contributed by atoms with Crippen LogP contribution in [0.1, 0.15) is 27.9 Å². The Kier molecular flexibility index (Phi) is 5.09. The standard InChI is InChI=1S/C28H21ClN4O3/c1-16-22(12-11-20(14-30)24(16)29)33-27(35)25-23-13-21(32(25)28(33)36)15-31(23)26(34)19-9-7-18(8-10-19)17-5-3-2-4-6-17/h2-12,21,23,25H,13,15H2,1H3. The number of hydrogen-bond acceptors (Lipinski definition) is 4. The van der Waals surface area contributed by atoms with E-state index < -0.39 is 12.1 Å². The van der Waals surface area contributed by atoms with Crippen molar-refractivity contribution in [2.24, 2.45) is 0 Å². The van der Waals surface area contributed by atoms with Crippen LogP contribution in [0.3, 0.4) is 0 Å². The highest BCUT2D eigenvalue weighted by Crippen LogP contribution is 2.44. The molecule has 0 saturated carbocycles. The van der Waals surface area contributed by atoms with Crippen molar-refractivity contribution >= 4 is 35.1 Å². The highest BCUT2D eigenvalue weighted by molar-refractivity contribution is 6.33. The first-order chi connectivity index (χ1) is 17.4. The molecule has 3 aromatic rings. The number of hydrogen-bond donors (Lipinski definition) is 0. The van der Waals surface area contributed by atoms with Crippen LogP contribution in [0, 0.1) is 18.3 Å². The number of carbonyl (C=O) groups is 3. The molecule has 3 atom stereocenters. The fourth-order valence-electron chi connectivity index (χ4n) is 5.72. The summed E-state index contributed by atoms with van der Waals surface area (Å²) in [6, 6.07) is 20.8. The Labute approximate surface area is 213 Å². The van der Waals surface area contributed by atoms with Crippen molar-refractivity contribution in [1.82, 2.24) is 9.80 Å². The molecule has 3 aliphatic rings. The molecule has 178 valence electrons. The molecule has 3 aliphatic heterocycles. The molecule has 2 bridgehead atoms. The van der Waals surface area contributed by atoms with Gasteiger partial charge in [0, 0.05) is 12.1 Å². The van der Waals surface area contributed by atoms with Crippen molar-refractivity contribution in [3.63, 3.8) is 0 Å². The van der Waals surface area contributed by atoms with E-state index >= 15 is 0 Å². The zero-order valence-corrected chi connectivity index (χ0v) is 20.1. The van der Waals surface area contributed by atoms with E-state index in [1.165, 1.54) is 6.07 Å². The minimum Gasteiger partial charge on any atom is -0.331 e. The van der Waals surface area contributed by atoms with Crippen LogP contribution in [0.15, 0.2) is 66.7 Å². The molecule has 6 rings (SSSR count). The molecule has 0 radical (unpaired) electrons. The van der Waals surface area contributed by atoms with E-state index in [9.17, 15) is 19.6 Å². The van der Waals surface area contributed by atoms with Gasteiger partial charge in [0.15, 0.2) is 0 Å². The first kappa shape index (κ1) is 22.3. The summed E-state index contributed by atoms with van der Waals surface area (Å²) in [6.45, 7) is 2.08. The molecule has 36 heavy (non-hydrogen) atoms. The van der Waals surface area contributed by atoms with Gasteiger partial charge in [0.2, 0.25) is 0 Å². The summed E-state index contributed by atoms with van der Waals surface area (Å²) in [5, 5.41) is 9.46. The van der Waals surface area contributed by atoms with Gasteiger partial charge in [-0.05, 0) is 54.3 Å². The topological polar surface area (TPSA) is 84.7 Å².